The van der Waals surface area contributed by atoms with E-state index >= 15 is 0 Å². The number of halogens is 1. The van der Waals surface area contributed by atoms with Gasteiger partial charge >= 0.3 is 0 Å². The molecule has 3 rings (SSSR count). The summed E-state index contributed by atoms with van der Waals surface area (Å²) in [6.07, 6.45) is 17.4. The quantitative estimate of drug-likeness (QED) is 0.235. The number of benzene rings is 1. The van der Waals surface area contributed by atoms with E-state index in [2.05, 4.69) is 63.8 Å². The van der Waals surface area contributed by atoms with Crippen LogP contribution in [0.2, 0.25) is 0 Å². The van der Waals surface area contributed by atoms with Crippen LogP contribution in [-0.2, 0) is 4.74 Å². The Kier molecular flexibility index (Phi) is 17.4. The lowest BCUT2D eigenvalue weighted by Crippen LogP contribution is -2.37. The van der Waals surface area contributed by atoms with Crippen molar-refractivity contribution in [2.24, 2.45) is 5.41 Å². The van der Waals surface area contributed by atoms with Crippen LogP contribution in [0.4, 0.5) is 0 Å². The first-order chi connectivity index (χ1) is 17.4. The highest BCUT2D eigenvalue weighted by atomic mass is 35.5. The van der Waals surface area contributed by atoms with Gasteiger partial charge in [0.25, 0.3) is 0 Å². The van der Waals surface area contributed by atoms with Crippen molar-refractivity contribution < 1.29 is 14.2 Å². The Hall–Kier alpha value is -1.75. The topological polar surface area (TPSA) is 30.9 Å². The van der Waals surface area contributed by atoms with Gasteiger partial charge in [-0.3, -0.25) is 4.90 Å². The molecule has 0 saturated carbocycles. The van der Waals surface area contributed by atoms with E-state index in [1.807, 2.05) is 24.3 Å². The van der Waals surface area contributed by atoms with Crippen LogP contribution < -0.4 is 9.47 Å². The fourth-order valence-corrected chi connectivity index (χ4v) is 4.07. The smallest absolute Gasteiger partial charge is 0.119 e. The second kappa shape index (κ2) is 19.3. The van der Waals surface area contributed by atoms with Gasteiger partial charge in [-0.1, -0.05) is 62.6 Å². The molecule has 37 heavy (non-hydrogen) atoms. The first-order valence-corrected chi connectivity index (χ1v) is 14.0. The third kappa shape index (κ3) is 16.0. The molecule has 4 nitrogen and oxygen atoms in total. The maximum atomic E-state index is 5.76. The average Bonchev–Trinajstić information content (AvgIpc) is 2.89. The number of ether oxygens (including phenoxy) is 3. The predicted octanol–water partition coefficient (Wildman–Crippen LogP) is 8.42. The summed E-state index contributed by atoms with van der Waals surface area (Å²) in [5, 5.41) is 0. The Bertz CT molecular complexity index is 808. The maximum absolute atomic E-state index is 5.76. The zero-order chi connectivity index (χ0) is 26.1. The van der Waals surface area contributed by atoms with E-state index in [9.17, 15) is 0 Å². The molecule has 1 saturated heterocycles. The van der Waals surface area contributed by atoms with Gasteiger partial charge in [-0.2, -0.15) is 0 Å². The summed E-state index contributed by atoms with van der Waals surface area (Å²) in [5.74, 6) is 1.84. The van der Waals surface area contributed by atoms with E-state index in [-0.39, 0.29) is 12.4 Å². The summed E-state index contributed by atoms with van der Waals surface area (Å²) in [6, 6.07) is 7.92. The second-order valence-corrected chi connectivity index (χ2v) is 10.8. The van der Waals surface area contributed by atoms with E-state index in [1.165, 1.54) is 24.0 Å². The molecule has 0 unspecified atom stereocenters. The summed E-state index contributed by atoms with van der Waals surface area (Å²) in [5.41, 5.74) is 3.34. The predicted molar refractivity (Wildman–Crippen MR) is 160 cm³/mol. The highest BCUT2D eigenvalue weighted by Gasteiger charge is 2.12. The molecule has 0 amide bonds. The number of unbranched alkanes of at least 4 members (excludes halogenated alkanes) is 1. The monoisotopic (exact) mass is 533 g/mol. The van der Waals surface area contributed by atoms with Crippen LogP contribution in [0.15, 0.2) is 59.7 Å². The summed E-state index contributed by atoms with van der Waals surface area (Å²) < 4.78 is 16.7. The van der Waals surface area contributed by atoms with E-state index < -0.39 is 0 Å². The SMILES string of the molecule is CC1=CCCC(C)=CCC(C)(C)C=CC1.CCCCOc1ccc(OCCCN2CCOCC2)cc1.Cl. The Morgan fingerprint density at radius 2 is 1.51 bits per heavy atom. The lowest BCUT2D eigenvalue weighted by molar-refractivity contribution is 0.0358. The number of allylic oxidation sites excluding steroid dienone is 6. The zero-order valence-corrected chi connectivity index (χ0v) is 24.9. The highest BCUT2D eigenvalue weighted by Crippen LogP contribution is 2.26. The normalized spacial score (nSPS) is 18.2. The van der Waals surface area contributed by atoms with Crippen molar-refractivity contribution in [3.63, 3.8) is 0 Å². The number of rotatable bonds is 9. The van der Waals surface area contributed by atoms with E-state index in [0.717, 1.165) is 89.7 Å². The van der Waals surface area contributed by atoms with Gasteiger partial charge in [-0.05, 0) is 82.1 Å². The van der Waals surface area contributed by atoms with Crippen LogP contribution in [0.1, 0.15) is 79.6 Å². The minimum atomic E-state index is 0. The third-order valence-corrected chi connectivity index (χ3v) is 6.60. The summed E-state index contributed by atoms with van der Waals surface area (Å²) in [4.78, 5) is 2.43. The van der Waals surface area contributed by atoms with Crippen molar-refractivity contribution in [1.29, 1.82) is 0 Å². The van der Waals surface area contributed by atoms with Crippen molar-refractivity contribution in [2.75, 3.05) is 46.1 Å². The van der Waals surface area contributed by atoms with Crippen LogP contribution in [0.25, 0.3) is 0 Å². The molecule has 1 fully saturated rings. The molecule has 2 aliphatic rings. The van der Waals surface area contributed by atoms with Crippen molar-refractivity contribution in [3.8, 4) is 11.5 Å². The molecule has 0 radical (unpaired) electrons. The molecule has 0 aromatic heterocycles. The first-order valence-electron chi connectivity index (χ1n) is 14.0. The zero-order valence-electron chi connectivity index (χ0n) is 24.1. The molecule has 1 heterocycles. The van der Waals surface area contributed by atoms with Crippen LogP contribution in [0.3, 0.4) is 0 Å². The molecule has 1 aliphatic heterocycles. The Labute approximate surface area is 233 Å². The largest absolute Gasteiger partial charge is 0.494 e. The molecule has 1 aromatic rings. The molecule has 0 bridgehead atoms. The van der Waals surface area contributed by atoms with E-state index in [1.54, 1.807) is 0 Å². The molecule has 1 aromatic carbocycles. The van der Waals surface area contributed by atoms with E-state index in [0.29, 0.717) is 5.41 Å². The molecule has 210 valence electrons. The van der Waals surface area contributed by atoms with Gasteiger partial charge in [0.2, 0.25) is 0 Å². The molecule has 0 N–H and O–H groups in total. The van der Waals surface area contributed by atoms with Gasteiger partial charge in [0.15, 0.2) is 0 Å². The molecule has 1 aliphatic carbocycles. The van der Waals surface area contributed by atoms with Crippen LogP contribution in [0.5, 0.6) is 11.5 Å². The molecular formula is C32H52ClNO3. The lowest BCUT2D eigenvalue weighted by Gasteiger charge is -2.26. The summed E-state index contributed by atoms with van der Waals surface area (Å²) in [7, 11) is 0. The minimum Gasteiger partial charge on any atom is -0.494 e. The lowest BCUT2D eigenvalue weighted by atomic mass is 9.87. The summed E-state index contributed by atoms with van der Waals surface area (Å²) in [6.45, 7) is 17.7. The van der Waals surface area contributed by atoms with Crippen LogP contribution in [0, 0.1) is 5.41 Å². The highest BCUT2D eigenvalue weighted by molar-refractivity contribution is 5.85. The van der Waals surface area contributed by atoms with Gasteiger partial charge in [0, 0.05) is 19.6 Å². The number of hydrogen-bond acceptors (Lipinski definition) is 4. The molecule has 0 spiro atoms. The molecule has 5 heteroatoms. The van der Waals surface area contributed by atoms with Gasteiger partial charge in [-0.15, -0.1) is 12.4 Å². The second-order valence-electron chi connectivity index (χ2n) is 10.8. The van der Waals surface area contributed by atoms with Gasteiger partial charge < -0.3 is 14.2 Å². The maximum Gasteiger partial charge on any atom is 0.119 e. The average molecular weight is 534 g/mol. The first kappa shape index (κ1) is 33.3. The fraction of sp³-hybridized carbons (Fsp3) is 0.625. The van der Waals surface area contributed by atoms with Crippen LogP contribution in [-0.4, -0.2) is 51.0 Å². The molecular weight excluding hydrogens is 482 g/mol. The standard InChI is InChI=1S/C17H27NO3.C15H24.ClH/c1-2-3-12-20-16-5-7-17(8-6-16)21-13-4-9-18-10-14-19-15-11-18;1-13-7-5-8-14(2)10-12-15(3,4)11-6-9-13;/h5-8H,2-4,9-15H2,1H3;6-7,10-11H,5,8-9,12H2,1-4H3;1H. The number of nitrogens with zero attached hydrogens (tertiary/aromatic N) is 1. The van der Waals surface area contributed by atoms with Crippen molar-refractivity contribution in [1.82, 2.24) is 4.90 Å². The summed E-state index contributed by atoms with van der Waals surface area (Å²) >= 11 is 0. The fourth-order valence-electron chi connectivity index (χ4n) is 4.07. The van der Waals surface area contributed by atoms with Crippen molar-refractivity contribution >= 4 is 12.4 Å². The number of hydrogen-bond donors (Lipinski definition) is 0. The Balaban J connectivity index is 0.000000381. The molecule has 0 atom stereocenters. The van der Waals surface area contributed by atoms with Crippen molar-refractivity contribution in [3.05, 3.63) is 59.7 Å². The number of morpholine rings is 1. The Morgan fingerprint density at radius 1 is 0.892 bits per heavy atom. The van der Waals surface area contributed by atoms with Gasteiger partial charge in [0.05, 0.1) is 26.4 Å². The van der Waals surface area contributed by atoms with E-state index in [4.69, 9.17) is 14.2 Å². The Morgan fingerprint density at radius 3 is 2.14 bits per heavy atom. The third-order valence-electron chi connectivity index (χ3n) is 6.60. The minimum absolute atomic E-state index is 0. The van der Waals surface area contributed by atoms with Crippen molar-refractivity contribution in [2.45, 2.75) is 79.6 Å². The van der Waals surface area contributed by atoms with Crippen LogP contribution >= 0.6 is 12.4 Å². The van der Waals surface area contributed by atoms with Gasteiger partial charge in [-0.25, -0.2) is 0 Å². The van der Waals surface area contributed by atoms with Gasteiger partial charge in [0.1, 0.15) is 11.5 Å².